The van der Waals surface area contributed by atoms with Crippen LogP contribution in [0.15, 0.2) is 42.5 Å². The number of carbonyl (C=O) groups excluding carboxylic acids is 1. The van der Waals surface area contributed by atoms with Crippen LogP contribution >= 0.6 is 0 Å². The number of aliphatic hydroxyl groups excluding tert-OH is 1. The van der Waals surface area contributed by atoms with Gasteiger partial charge in [-0.25, -0.2) is 0 Å². The van der Waals surface area contributed by atoms with Crippen LogP contribution in [-0.4, -0.2) is 48.7 Å². The van der Waals surface area contributed by atoms with E-state index in [-0.39, 0.29) is 29.4 Å². The third-order valence-electron chi connectivity index (χ3n) is 7.14. The lowest BCUT2D eigenvalue weighted by atomic mass is 9.71. The molecule has 174 valence electrons. The van der Waals surface area contributed by atoms with E-state index in [2.05, 4.69) is 0 Å². The van der Waals surface area contributed by atoms with E-state index in [4.69, 9.17) is 5.26 Å². The zero-order valence-electron chi connectivity index (χ0n) is 18.4. The average Bonchev–Trinajstić information content (AvgIpc) is 3.16. The van der Waals surface area contributed by atoms with Crippen LogP contribution in [0.25, 0.3) is 0 Å². The van der Waals surface area contributed by atoms with E-state index in [1.165, 1.54) is 6.07 Å². The summed E-state index contributed by atoms with van der Waals surface area (Å²) in [6.45, 7) is 3.94. The third-order valence-corrected chi connectivity index (χ3v) is 7.14. The summed E-state index contributed by atoms with van der Waals surface area (Å²) >= 11 is 0. The first-order valence-electron chi connectivity index (χ1n) is 11.0. The second-order valence-electron chi connectivity index (χ2n) is 9.12. The van der Waals surface area contributed by atoms with Crippen LogP contribution in [0.5, 0.6) is 0 Å². The fraction of sp³-hybridized carbons (Fsp3) is 0.440. The molecule has 0 aliphatic carbocycles. The summed E-state index contributed by atoms with van der Waals surface area (Å²) in [4.78, 5) is 16.8. The van der Waals surface area contributed by atoms with Crippen LogP contribution in [0.1, 0.15) is 39.9 Å². The van der Waals surface area contributed by atoms with Gasteiger partial charge in [0.2, 0.25) is 0 Å². The van der Waals surface area contributed by atoms with Gasteiger partial charge in [-0.15, -0.1) is 0 Å². The van der Waals surface area contributed by atoms with Crippen LogP contribution in [0.3, 0.4) is 0 Å². The molecule has 2 aliphatic rings. The van der Waals surface area contributed by atoms with Gasteiger partial charge in [0.25, 0.3) is 5.91 Å². The minimum absolute atomic E-state index is 0.0350. The Hall–Kier alpha value is -3.05. The van der Waals surface area contributed by atoms with Crippen molar-refractivity contribution in [3.8, 4) is 6.07 Å². The molecule has 2 fully saturated rings. The maximum atomic E-state index is 13.4. The number of likely N-dealkylation sites (tertiary alicyclic amines) is 1. The van der Waals surface area contributed by atoms with Crippen molar-refractivity contribution in [3.63, 3.8) is 0 Å². The summed E-state index contributed by atoms with van der Waals surface area (Å²) in [5.41, 5.74) is 0.487. The van der Waals surface area contributed by atoms with Crippen molar-refractivity contribution >= 4 is 11.6 Å². The quantitative estimate of drug-likeness (QED) is 0.749. The highest BCUT2D eigenvalue weighted by molar-refractivity contribution is 5.94. The number of rotatable bonds is 3. The lowest BCUT2D eigenvalue weighted by molar-refractivity contribution is -0.137. The molecule has 0 radical (unpaired) electrons. The molecular formula is C25H26F3N3O2. The number of halogens is 3. The smallest absolute Gasteiger partial charge is 0.396 e. The molecule has 2 heterocycles. The number of piperidine rings is 1. The molecule has 2 aromatic rings. The standard InChI is InChI=1S/C25H26F3N3O2/c1-17-3-2-4-18(11-17)23(33)31-14-20(15-32)24(16-31)7-9-30(10-8-24)21-6-5-19(13-29)22(12-21)25(26,27)28/h2-6,11-12,20,32H,7-10,14-16H2,1H3. The highest BCUT2D eigenvalue weighted by Gasteiger charge is 2.49. The molecule has 0 saturated carbocycles. The Balaban J connectivity index is 1.50. The Bertz CT molecular complexity index is 1090. The summed E-state index contributed by atoms with van der Waals surface area (Å²) in [5.74, 6) is -0.126. The number of benzene rings is 2. The Labute approximate surface area is 191 Å². The van der Waals surface area contributed by atoms with Crippen molar-refractivity contribution in [2.45, 2.75) is 25.9 Å². The first-order chi connectivity index (χ1) is 15.7. The van der Waals surface area contributed by atoms with Crippen LogP contribution in [0.2, 0.25) is 0 Å². The Morgan fingerprint density at radius 3 is 2.55 bits per heavy atom. The molecule has 0 bridgehead atoms. The fourth-order valence-electron chi connectivity index (χ4n) is 5.24. The number of hydrogen-bond donors (Lipinski definition) is 1. The van der Waals surface area contributed by atoms with E-state index < -0.39 is 11.7 Å². The molecule has 2 aliphatic heterocycles. The number of aryl methyl sites for hydroxylation is 1. The van der Waals surface area contributed by atoms with Gasteiger partial charge >= 0.3 is 6.18 Å². The molecule has 1 N–H and O–H groups in total. The van der Waals surface area contributed by atoms with Crippen LogP contribution < -0.4 is 4.90 Å². The van der Waals surface area contributed by atoms with Crippen LogP contribution in [0.4, 0.5) is 18.9 Å². The Kier molecular flexibility index (Phi) is 6.10. The number of hydrogen-bond acceptors (Lipinski definition) is 4. The van der Waals surface area contributed by atoms with Gasteiger partial charge in [0.1, 0.15) is 0 Å². The lowest BCUT2D eigenvalue weighted by Gasteiger charge is -2.43. The van der Waals surface area contributed by atoms with E-state index in [1.807, 2.05) is 30.0 Å². The van der Waals surface area contributed by atoms with Gasteiger partial charge < -0.3 is 14.9 Å². The zero-order valence-corrected chi connectivity index (χ0v) is 18.4. The average molecular weight is 457 g/mol. The van der Waals surface area contributed by atoms with Crippen molar-refractivity contribution in [1.82, 2.24) is 4.90 Å². The minimum atomic E-state index is -4.60. The largest absolute Gasteiger partial charge is 0.417 e. The molecule has 1 atom stereocenters. The van der Waals surface area contributed by atoms with Gasteiger partial charge in [0.15, 0.2) is 0 Å². The van der Waals surface area contributed by atoms with Gasteiger partial charge in [-0.3, -0.25) is 4.79 Å². The molecule has 1 spiro atoms. The third kappa shape index (κ3) is 4.42. The molecule has 2 saturated heterocycles. The normalized spacial score (nSPS) is 20.2. The number of amides is 1. The van der Waals surface area contributed by atoms with Gasteiger partial charge in [-0.1, -0.05) is 17.7 Å². The van der Waals surface area contributed by atoms with E-state index in [0.29, 0.717) is 50.3 Å². The molecule has 1 unspecified atom stereocenters. The second kappa shape index (κ2) is 8.71. The first kappa shape index (κ1) is 23.1. The van der Waals surface area contributed by atoms with Gasteiger partial charge in [-0.2, -0.15) is 18.4 Å². The van der Waals surface area contributed by atoms with Gasteiger partial charge in [0.05, 0.1) is 17.2 Å². The summed E-state index contributed by atoms with van der Waals surface area (Å²) in [6, 6.07) is 12.9. The number of aliphatic hydroxyl groups is 1. The summed E-state index contributed by atoms with van der Waals surface area (Å²) in [6.07, 6.45) is -3.27. The molecule has 5 nitrogen and oxygen atoms in total. The molecule has 1 amide bonds. The molecule has 33 heavy (non-hydrogen) atoms. The molecule has 4 rings (SSSR count). The predicted octanol–water partition coefficient (Wildman–Crippen LogP) is 4.24. The van der Waals surface area contributed by atoms with Crippen molar-refractivity contribution in [1.29, 1.82) is 5.26 Å². The second-order valence-corrected chi connectivity index (χ2v) is 9.12. The van der Waals surface area contributed by atoms with E-state index >= 15 is 0 Å². The van der Waals surface area contributed by atoms with Crippen LogP contribution in [-0.2, 0) is 6.18 Å². The van der Waals surface area contributed by atoms with E-state index in [1.54, 1.807) is 23.1 Å². The number of nitriles is 1. The predicted molar refractivity (Wildman–Crippen MR) is 118 cm³/mol. The van der Waals surface area contributed by atoms with Crippen molar-refractivity contribution in [2.75, 3.05) is 37.7 Å². The minimum Gasteiger partial charge on any atom is -0.396 e. The summed E-state index contributed by atoms with van der Waals surface area (Å²) < 4.78 is 40.1. The summed E-state index contributed by atoms with van der Waals surface area (Å²) in [7, 11) is 0. The van der Waals surface area contributed by atoms with Crippen LogP contribution in [0, 0.1) is 29.6 Å². The topological polar surface area (TPSA) is 67.6 Å². The number of carbonyl (C=O) groups is 1. The van der Waals surface area contributed by atoms with E-state index in [0.717, 1.165) is 11.6 Å². The molecule has 8 heteroatoms. The van der Waals surface area contributed by atoms with Gasteiger partial charge in [-0.05, 0) is 55.5 Å². The highest BCUT2D eigenvalue weighted by Crippen LogP contribution is 2.46. The highest BCUT2D eigenvalue weighted by atomic mass is 19.4. The summed E-state index contributed by atoms with van der Waals surface area (Å²) in [5, 5.41) is 19.1. The Morgan fingerprint density at radius 2 is 1.94 bits per heavy atom. The molecular weight excluding hydrogens is 431 g/mol. The lowest BCUT2D eigenvalue weighted by Crippen LogP contribution is -2.45. The molecule has 2 aromatic carbocycles. The number of anilines is 1. The van der Waals surface area contributed by atoms with Crippen molar-refractivity contribution in [3.05, 3.63) is 64.7 Å². The number of alkyl halides is 3. The first-order valence-corrected chi connectivity index (χ1v) is 11.0. The monoisotopic (exact) mass is 457 g/mol. The van der Waals surface area contributed by atoms with Crippen molar-refractivity contribution in [2.24, 2.45) is 11.3 Å². The SMILES string of the molecule is Cc1cccc(C(=O)N2CC(CO)C3(CCN(c4ccc(C#N)c(C(F)(F)F)c4)CC3)C2)c1. The fourth-order valence-corrected chi connectivity index (χ4v) is 5.24. The maximum absolute atomic E-state index is 13.4. The molecule has 0 aromatic heterocycles. The maximum Gasteiger partial charge on any atom is 0.417 e. The zero-order chi connectivity index (χ0) is 23.8. The number of nitrogens with zero attached hydrogens (tertiary/aromatic N) is 3. The Morgan fingerprint density at radius 1 is 1.21 bits per heavy atom. The van der Waals surface area contributed by atoms with Crippen molar-refractivity contribution < 1.29 is 23.1 Å². The van der Waals surface area contributed by atoms with Gasteiger partial charge in [0, 0.05) is 50.0 Å². The van der Waals surface area contributed by atoms with E-state index in [9.17, 15) is 23.1 Å².